The van der Waals surface area contributed by atoms with Crippen LogP contribution in [0.15, 0.2) is 18.2 Å². The predicted octanol–water partition coefficient (Wildman–Crippen LogP) is 0.926. The fourth-order valence-corrected chi connectivity index (χ4v) is 2.98. The van der Waals surface area contributed by atoms with Crippen molar-refractivity contribution < 1.29 is 9.53 Å². The molecule has 0 unspecified atom stereocenters. The molecule has 0 aliphatic carbocycles. The number of nitrogens with zero attached hydrogens (tertiary/aromatic N) is 1. The minimum Gasteiger partial charge on any atom is -0.398 e. The van der Waals surface area contributed by atoms with Crippen LogP contribution in [0.2, 0.25) is 0 Å². The minimum absolute atomic E-state index is 0.0900. The molecule has 108 valence electrons. The summed E-state index contributed by atoms with van der Waals surface area (Å²) in [5, 5.41) is 3.10. The molecule has 1 fully saturated rings. The topological polar surface area (TPSA) is 67.6 Å². The molecule has 1 aromatic carbocycles. The molecule has 5 nitrogen and oxygen atoms in total. The van der Waals surface area contributed by atoms with Crippen molar-refractivity contribution in [1.29, 1.82) is 0 Å². The summed E-state index contributed by atoms with van der Waals surface area (Å²) in [7, 11) is 0. The number of nitrogens with two attached hydrogens (primary N) is 1. The van der Waals surface area contributed by atoms with E-state index in [0.717, 1.165) is 50.4 Å². The first-order valence-electron chi connectivity index (χ1n) is 7.23. The van der Waals surface area contributed by atoms with Gasteiger partial charge in [-0.3, -0.25) is 4.79 Å². The van der Waals surface area contributed by atoms with Crippen molar-refractivity contribution >= 4 is 17.3 Å². The molecule has 0 radical (unpaired) electrons. The molecule has 0 spiro atoms. The van der Waals surface area contributed by atoms with E-state index in [9.17, 15) is 4.79 Å². The van der Waals surface area contributed by atoms with Gasteiger partial charge in [0, 0.05) is 42.7 Å². The monoisotopic (exact) mass is 275 g/mol. The summed E-state index contributed by atoms with van der Waals surface area (Å²) in [5.41, 5.74) is 9.08. The van der Waals surface area contributed by atoms with E-state index >= 15 is 0 Å². The lowest BCUT2D eigenvalue weighted by molar-refractivity contribution is -0.121. The number of nitrogens with one attached hydrogen (secondary N) is 1. The Morgan fingerprint density at radius 1 is 1.40 bits per heavy atom. The zero-order chi connectivity index (χ0) is 13.9. The molecule has 0 atom stereocenters. The van der Waals surface area contributed by atoms with Crippen molar-refractivity contribution in [3.05, 3.63) is 23.8 Å². The zero-order valence-corrected chi connectivity index (χ0v) is 11.6. The lowest BCUT2D eigenvalue weighted by Gasteiger charge is -2.25. The fourth-order valence-electron chi connectivity index (χ4n) is 2.98. The molecular formula is C15H21N3O2. The van der Waals surface area contributed by atoms with Crippen LogP contribution in [0.5, 0.6) is 0 Å². The van der Waals surface area contributed by atoms with Gasteiger partial charge in [0.1, 0.15) is 0 Å². The van der Waals surface area contributed by atoms with Crippen LogP contribution in [0.3, 0.4) is 0 Å². The number of hydrogen-bond acceptors (Lipinski definition) is 4. The van der Waals surface area contributed by atoms with Gasteiger partial charge in [-0.2, -0.15) is 0 Å². The number of carbonyl (C=O) groups excluding carboxylic acids is 1. The van der Waals surface area contributed by atoms with Crippen LogP contribution in [0.25, 0.3) is 0 Å². The van der Waals surface area contributed by atoms with Crippen LogP contribution < -0.4 is 16.0 Å². The number of amides is 1. The Morgan fingerprint density at radius 3 is 3.00 bits per heavy atom. The predicted molar refractivity (Wildman–Crippen MR) is 78.8 cm³/mol. The van der Waals surface area contributed by atoms with E-state index in [1.165, 1.54) is 5.56 Å². The van der Waals surface area contributed by atoms with Crippen LogP contribution in [0.1, 0.15) is 18.4 Å². The van der Waals surface area contributed by atoms with Crippen LogP contribution >= 0.6 is 0 Å². The highest BCUT2D eigenvalue weighted by Crippen LogP contribution is 2.31. The Labute approximate surface area is 119 Å². The zero-order valence-electron chi connectivity index (χ0n) is 11.6. The smallest absolute Gasteiger partial charge is 0.239 e. The molecule has 3 rings (SSSR count). The average Bonchev–Trinajstić information content (AvgIpc) is 2.84. The van der Waals surface area contributed by atoms with Crippen LogP contribution in [0.4, 0.5) is 11.4 Å². The molecule has 0 bridgehead atoms. The third kappa shape index (κ3) is 2.72. The normalized spacial score (nSPS) is 18.9. The Balaban J connectivity index is 1.59. The molecule has 5 heteroatoms. The number of ether oxygens (including phenoxy) is 1. The minimum atomic E-state index is 0.0900. The molecule has 20 heavy (non-hydrogen) atoms. The van der Waals surface area contributed by atoms with E-state index < -0.39 is 0 Å². The first kappa shape index (κ1) is 13.2. The van der Waals surface area contributed by atoms with Crippen molar-refractivity contribution in [1.82, 2.24) is 5.32 Å². The third-order valence-electron chi connectivity index (χ3n) is 4.08. The lowest BCUT2D eigenvalue weighted by atomic mass is 10.1. The highest BCUT2D eigenvalue weighted by atomic mass is 16.5. The summed E-state index contributed by atoms with van der Waals surface area (Å²) in [6.07, 6.45) is 2.75. The Bertz CT molecular complexity index is 498. The molecule has 1 amide bonds. The van der Waals surface area contributed by atoms with Gasteiger partial charge in [-0.05, 0) is 31.4 Å². The van der Waals surface area contributed by atoms with Gasteiger partial charge in [0.05, 0.1) is 6.54 Å². The van der Waals surface area contributed by atoms with Gasteiger partial charge in [-0.25, -0.2) is 0 Å². The summed E-state index contributed by atoms with van der Waals surface area (Å²) in [5.74, 6) is 0.0900. The number of rotatable bonds is 3. The lowest BCUT2D eigenvalue weighted by Crippen LogP contribution is -2.44. The van der Waals surface area contributed by atoms with Crippen LogP contribution in [-0.2, 0) is 16.0 Å². The number of nitrogen functional groups attached to an aromatic ring is 1. The van der Waals surface area contributed by atoms with E-state index in [2.05, 4.69) is 10.2 Å². The molecule has 0 saturated carbocycles. The average molecular weight is 275 g/mol. The fraction of sp³-hybridized carbons (Fsp3) is 0.533. The molecule has 0 aromatic heterocycles. The number of hydrogen-bond donors (Lipinski definition) is 2. The molecule has 2 heterocycles. The second-order valence-electron chi connectivity index (χ2n) is 5.47. The maximum absolute atomic E-state index is 12.1. The van der Waals surface area contributed by atoms with Gasteiger partial charge in [-0.15, -0.1) is 0 Å². The third-order valence-corrected chi connectivity index (χ3v) is 4.08. The summed E-state index contributed by atoms with van der Waals surface area (Å²) in [4.78, 5) is 14.2. The largest absolute Gasteiger partial charge is 0.398 e. The van der Waals surface area contributed by atoms with Crippen LogP contribution in [-0.4, -0.2) is 38.3 Å². The molecule has 2 aliphatic rings. The maximum Gasteiger partial charge on any atom is 0.239 e. The first-order chi connectivity index (χ1) is 9.74. The van der Waals surface area contributed by atoms with E-state index in [4.69, 9.17) is 10.5 Å². The SMILES string of the molecule is Nc1cccc2c1CCN2CC(=O)NC1CCOCC1. The number of carbonyl (C=O) groups is 1. The Morgan fingerprint density at radius 2 is 2.20 bits per heavy atom. The van der Waals surface area contributed by atoms with Crippen molar-refractivity contribution in [2.75, 3.05) is 36.9 Å². The summed E-state index contributed by atoms with van der Waals surface area (Å²) in [6.45, 7) is 2.76. The molecular weight excluding hydrogens is 254 g/mol. The van der Waals surface area contributed by atoms with E-state index in [0.29, 0.717) is 6.54 Å². The molecule has 2 aliphatic heterocycles. The van der Waals surface area contributed by atoms with Crippen molar-refractivity contribution in [2.24, 2.45) is 0 Å². The Hall–Kier alpha value is -1.75. The summed E-state index contributed by atoms with van der Waals surface area (Å²) >= 11 is 0. The first-order valence-corrected chi connectivity index (χ1v) is 7.23. The van der Waals surface area contributed by atoms with Crippen molar-refractivity contribution in [3.63, 3.8) is 0 Å². The summed E-state index contributed by atoms with van der Waals surface area (Å²) < 4.78 is 5.30. The van der Waals surface area contributed by atoms with Crippen LogP contribution in [0, 0.1) is 0 Å². The van der Waals surface area contributed by atoms with Crippen molar-refractivity contribution in [2.45, 2.75) is 25.3 Å². The maximum atomic E-state index is 12.1. The molecule has 3 N–H and O–H groups in total. The van der Waals surface area contributed by atoms with E-state index in [-0.39, 0.29) is 11.9 Å². The highest BCUT2D eigenvalue weighted by molar-refractivity contribution is 5.83. The van der Waals surface area contributed by atoms with E-state index in [1.807, 2.05) is 18.2 Å². The Kier molecular flexibility index (Phi) is 3.78. The number of anilines is 2. The molecule has 1 aromatic rings. The standard InChI is InChI=1S/C15H21N3O2/c16-13-2-1-3-14-12(13)4-7-18(14)10-15(19)17-11-5-8-20-9-6-11/h1-3,11H,4-10,16H2,(H,17,19). The summed E-state index contributed by atoms with van der Waals surface area (Å²) in [6, 6.07) is 6.17. The van der Waals surface area contributed by atoms with Gasteiger partial charge in [0.25, 0.3) is 0 Å². The number of fused-ring (bicyclic) bond motifs is 1. The van der Waals surface area contributed by atoms with Gasteiger partial charge in [-0.1, -0.05) is 6.07 Å². The van der Waals surface area contributed by atoms with Gasteiger partial charge >= 0.3 is 0 Å². The van der Waals surface area contributed by atoms with Gasteiger partial charge in [0.15, 0.2) is 0 Å². The van der Waals surface area contributed by atoms with Gasteiger partial charge < -0.3 is 20.7 Å². The van der Waals surface area contributed by atoms with E-state index in [1.54, 1.807) is 0 Å². The van der Waals surface area contributed by atoms with Crippen molar-refractivity contribution in [3.8, 4) is 0 Å². The second-order valence-corrected chi connectivity index (χ2v) is 5.47. The van der Waals surface area contributed by atoms with Gasteiger partial charge in [0.2, 0.25) is 5.91 Å². The second kappa shape index (κ2) is 5.71. The quantitative estimate of drug-likeness (QED) is 0.805. The number of benzene rings is 1. The molecule has 1 saturated heterocycles. The highest BCUT2D eigenvalue weighted by Gasteiger charge is 2.24.